The predicted octanol–water partition coefficient (Wildman–Crippen LogP) is 2.54. The van der Waals surface area contributed by atoms with Crippen molar-refractivity contribution in [2.75, 3.05) is 7.11 Å². The second-order valence-electron chi connectivity index (χ2n) is 9.77. The van der Waals surface area contributed by atoms with Gasteiger partial charge in [-0.3, -0.25) is 14.4 Å². The van der Waals surface area contributed by atoms with E-state index in [0.717, 1.165) is 23.4 Å². The summed E-state index contributed by atoms with van der Waals surface area (Å²) in [6.45, 7) is 8.08. The highest BCUT2D eigenvalue weighted by molar-refractivity contribution is 6.09. The van der Waals surface area contributed by atoms with E-state index < -0.39 is 11.1 Å². The summed E-state index contributed by atoms with van der Waals surface area (Å²) in [6.07, 6.45) is 5.39. The van der Waals surface area contributed by atoms with Crippen molar-refractivity contribution in [2.24, 2.45) is 0 Å². The van der Waals surface area contributed by atoms with Crippen molar-refractivity contribution in [2.45, 2.75) is 39.5 Å². The van der Waals surface area contributed by atoms with E-state index in [1.54, 1.807) is 62.0 Å². The van der Waals surface area contributed by atoms with Gasteiger partial charge in [0.25, 0.3) is 11.1 Å². The number of hydrogen-bond donors (Lipinski definition) is 3. The minimum absolute atomic E-state index is 0.0857. The van der Waals surface area contributed by atoms with Crippen molar-refractivity contribution in [3.63, 3.8) is 0 Å². The number of H-pyrrole nitrogens is 3. The molecule has 8 nitrogen and oxygen atoms in total. The van der Waals surface area contributed by atoms with Crippen LogP contribution in [0.25, 0.3) is 12.2 Å². The van der Waals surface area contributed by atoms with Gasteiger partial charge in [-0.05, 0) is 54.0 Å². The molecule has 0 bridgehead atoms. The van der Waals surface area contributed by atoms with Crippen LogP contribution >= 0.6 is 0 Å². The maximum absolute atomic E-state index is 13.1. The van der Waals surface area contributed by atoms with Crippen molar-refractivity contribution in [1.29, 1.82) is 0 Å². The molecule has 0 saturated heterocycles. The van der Waals surface area contributed by atoms with Crippen LogP contribution in [0.2, 0.25) is 0 Å². The highest BCUT2D eigenvalue weighted by Gasteiger charge is 2.19. The lowest BCUT2D eigenvalue weighted by atomic mass is 9.90. The van der Waals surface area contributed by atoms with Gasteiger partial charge in [0, 0.05) is 22.2 Å². The number of nitrogens with one attached hydrogen (secondary N) is 3. The smallest absolute Gasteiger partial charge is 0.272 e. The summed E-state index contributed by atoms with van der Waals surface area (Å²) in [5, 5.41) is 0.192. The maximum Gasteiger partial charge on any atom is 0.272 e. The fourth-order valence-corrected chi connectivity index (χ4v) is 4.15. The Balaban J connectivity index is 1.71. The highest BCUT2D eigenvalue weighted by Crippen LogP contribution is 2.23. The van der Waals surface area contributed by atoms with Gasteiger partial charge < -0.3 is 19.7 Å². The second kappa shape index (κ2) is 10.3. The first kappa shape index (κ1) is 25.6. The molecule has 8 heteroatoms. The number of aromatic amines is 3. The number of nitrogens with zero attached hydrogens (tertiary/aromatic N) is 1. The van der Waals surface area contributed by atoms with Crippen LogP contribution in [0.3, 0.4) is 0 Å². The van der Waals surface area contributed by atoms with Gasteiger partial charge in [0.05, 0.1) is 19.1 Å². The van der Waals surface area contributed by atoms with E-state index in [1.165, 1.54) is 0 Å². The van der Waals surface area contributed by atoms with Gasteiger partial charge in [-0.1, -0.05) is 45.9 Å². The first-order valence-electron chi connectivity index (χ1n) is 12.0. The zero-order valence-corrected chi connectivity index (χ0v) is 21.6. The molecule has 0 radical (unpaired) electrons. The van der Waals surface area contributed by atoms with Gasteiger partial charge in [-0.25, -0.2) is 4.98 Å². The summed E-state index contributed by atoms with van der Waals surface area (Å²) in [6, 6.07) is 12.3. The molecule has 2 aromatic heterocycles. The van der Waals surface area contributed by atoms with Crippen LogP contribution in [0.5, 0.6) is 5.75 Å². The first-order chi connectivity index (χ1) is 17.6. The maximum atomic E-state index is 13.1. The Hall–Kier alpha value is -4.46. The number of methoxy groups -OCH3 is 1. The molecule has 2 aromatic carbocycles. The normalized spacial score (nSPS) is 12.7. The third kappa shape index (κ3) is 5.53. The van der Waals surface area contributed by atoms with Gasteiger partial charge in [-0.2, -0.15) is 0 Å². The summed E-state index contributed by atoms with van der Waals surface area (Å²) in [4.78, 5) is 51.4. The number of carbonyl (C=O) groups excluding carboxylic acids is 1. The Kier molecular flexibility index (Phi) is 7.11. The number of imidazole rings is 1. The number of benzene rings is 2. The predicted molar refractivity (Wildman–Crippen MR) is 144 cm³/mol. The third-order valence-electron chi connectivity index (χ3n) is 6.07. The molecule has 0 saturated carbocycles. The molecular weight excluding hydrogens is 468 g/mol. The lowest BCUT2D eigenvalue weighted by Gasteiger charge is -2.16. The van der Waals surface area contributed by atoms with Gasteiger partial charge in [0.15, 0.2) is 5.78 Å². The lowest BCUT2D eigenvalue weighted by Crippen LogP contribution is -2.46. The standard InChI is InChI=1S/C29H30N4O4/c1-6-18-14-20(10-11-24(18)37-5)25(34)19-9-7-8-17(12-19)13-22-27(35)33-23(28(36)32-22)15-21-26(29(2,3)4)31-16-30-21/h7-16H,6H2,1-5H3,(H,30,31)(H,32,36)(H,33,35)/b22-13-,23-15-. The number of ketones is 1. The lowest BCUT2D eigenvalue weighted by molar-refractivity contribution is 0.103. The Bertz CT molecular complexity index is 1700. The zero-order valence-electron chi connectivity index (χ0n) is 21.6. The molecule has 3 N–H and O–H groups in total. The van der Waals surface area contributed by atoms with Crippen LogP contribution in [0.15, 0.2) is 58.4 Å². The molecule has 0 fully saturated rings. The Morgan fingerprint density at radius 2 is 1.65 bits per heavy atom. The summed E-state index contributed by atoms with van der Waals surface area (Å²) in [7, 11) is 1.60. The molecule has 37 heavy (non-hydrogen) atoms. The molecule has 2 heterocycles. The molecule has 0 aliphatic heterocycles. The summed E-state index contributed by atoms with van der Waals surface area (Å²) >= 11 is 0. The fourth-order valence-electron chi connectivity index (χ4n) is 4.15. The SMILES string of the molecule is CCc1cc(C(=O)c2cccc(/C=c3\[nH]c(=O)/c(=C/c4nc[nH]c4C(C)(C)C)[nH]c3=O)c2)ccc1OC. The van der Waals surface area contributed by atoms with E-state index in [1.807, 2.05) is 33.8 Å². The number of aryl methyl sites for hydroxylation is 1. The monoisotopic (exact) mass is 498 g/mol. The third-order valence-corrected chi connectivity index (χ3v) is 6.07. The number of rotatable bonds is 6. The van der Waals surface area contributed by atoms with Gasteiger partial charge >= 0.3 is 0 Å². The number of carbonyl (C=O) groups is 1. The van der Waals surface area contributed by atoms with Gasteiger partial charge in [0.2, 0.25) is 0 Å². The summed E-state index contributed by atoms with van der Waals surface area (Å²) < 4.78 is 5.36. The Morgan fingerprint density at radius 3 is 2.30 bits per heavy atom. The van der Waals surface area contributed by atoms with Crippen LogP contribution in [-0.4, -0.2) is 32.8 Å². The second-order valence-corrected chi connectivity index (χ2v) is 9.77. The molecule has 0 spiro atoms. The van der Waals surface area contributed by atoms with Crippen LogP contribution in [0, 0.1) is 0 Å². The molecule has 0 amide bonds. The molecular formula is C29H30N4O4. The van der Waals surface area contributed by atoms with E-state index in [2.05, 4.69) is 19.9 Å². The van der Waals surface area contributed by atoms with E-state index in [-0.39, 0.29) is 21.9 Å². The molecule has 4 rings (SSSR count). The molecule has 190 valence electrons. The van der Waals surface area contributed by atoms with Crippen molar-refractivity contribution >= 4 is 17.9 Å². The van der Waals surface area contributed by atoms with E-state index in [0.29, 0.717) is 22.4 Å². The highest BCUT2D eigenvalue weighted by atomic mass is 16.5. The summed E-state index contributed by atoms with van der Waals surface area (Å²) in [5.41, 5.74) is 2.89. The molecule has 4 aromatic rings. The number of hydrogen-bond acceptors (Lipinski definition) is 5. The van der Waals surface area contributed by atoms with Gasteiger partial charge in [-0.15, -0.1) is 0 Å². The molecule has 0 unspecified atom stereocenters. The largest absolute Gasteiger partial charge is 0.496 e. The minimum Gasteiger partial charge on any atom is -0.496 e. The van der Waals surface area contributed by atoms with E-state index in [9.17, 15) is 14.4 Å². The average Bonchev–Trinajstić information content (AvgIpc) is 3.35. The van der Waals surface area contributed by atoms with Crippen molar-refractivity contribution < 1.29 is 9.53 Å². The van der Waals surface area contributed by atoms with E-state index >= 15 is 0 Å². The topological polar surface area (TPSA) is 121 Å². The minimum atomic E-state index is -0.460. The van der Waals surface area contributed by atoms with Crippen LogP contribution < -0.4 is 26.6 Å². The van der Waals surface area contributed by atoms with Crippen molar-refractivity contribution in [3.05, 3.63) is 114 Å². The zero-order chi connectivity index (χ0) is 26.7. The quantitative estimate of drug-likeness (QED) is 0.353. The number of ether oxygens (including phenoxy) is 1. The van der Waals surface area contributed by atoms with Crippen LogP contribution in [0.1, 0.15) is 66.1 Å². The van der Waals surface area contributed by atoms with Crippen LogP contribution in [-0.2, 0) is 11.8 Å². The average molecular weight is 499 g/mol. The summed E-state index contributed by atoms with van der Waals surface area (Å²) in [5.74, 6) is 0.598. The Labute approximate surface area is 213 Å². The molecule has 0 atom stereocenters. The fraction of sp³-hybridized carbons (Fsp3) is 0.241. The molecule has 0 aliphatic carbocycles. The van der Waals surface area contributed by atoms with E-state index in [4.69, 9.17) is 4.74 Å². The first-order valence-corrected chi connectivity index (χ1v) is 12.0. The number of aromatic nitrogens is 4. The van der Waals surface area contributed by atoms with Crippen molar-refractivity contribution in [1.82, 2.24) is 19.9 Å². The Morgan fingerprint density at radius 1 is 0.973 bits per heavy atom. The molecule has 0 aliphatic rings. The van der Waals surface area contributed by atoms with Crippen molar-refractivity contribution in [3.8, 4) is 5.75 Å². The van der Waals surface area contributed by atoms with Crippen LogP contribution in [0.4, 0.5) is 0 Å². The van der Waals surface area contributed by atoms with Gasteiger partial charge in [0.1, 0.15) is 16.4 Å².